The zero-order chi connectivity index (χ0) is 20.7. The van der Waals surface area contributed by atoms with Gasteiger partial charge in [0.25, 0.3) is 0 Å². The number of rotatable bonds is 4. The van der Waals surface area contributed by atoms with Crippen molar-refractivity contribution in [3.63, 3.8) is 0 Å². The van der Waals surface area contributed by atoms with Crippen LogP contribution in [0.4, 0.5) is 0 Å². The van der Waals surface area contributed by atoms with Gasteiger partial charge < -0.3 is 10.1 Å². The molecule has 0 fully saturated rings. The molecule has 2 N–H and O–H groups in total. The van der Waals surface area contributed by atoms with Gasteiger partial charge in [0.1, 0.15) is 0 Å². The fourth-order valence-corrected chi connectivity index (χ4v) is 3.98. The molecule has 0 saturated heterocycles. The summed E-state index contributed by atoms with van der Waals surface area (Å²) in [5, 5.41) is 11.8. The summed E-state index contributed by atoms with van der Waals surface area (Å²) in [6.07, 6.45) is 3.37. The van der Waals surface area contributed by atoms with Crippen LogP contribution in [0.25, 0.3) is 44.8 Å². The van der Waals surface area contributed by atoms with Crippen molar-refractivity contribution in [1.82, 2.24) is 24.9 Å². The molecule has 5 aromatic rings. The maximum atomic E-state index is 11.1. The molecule has 30 heavy (non-hydrogen) atoms. The van der Waals surface area contributed by atoms with Gasteiger partial charge in [-0.1, -0.05) is 12.1 Å². The molecule has 0 unspecified atom stereocenters. The number of carboxylic acid groups (broad SMARTS) is 1. The lowest BCUT2D eigenvalue weighted by molar-refractivity contribution is 0.0696. The van der Waals surface area contributed by atoms with Gasteiger partial charge in [0.2, 0.25) is 5.01 Å². The number of H-pyrrole nitrogens is 1. The van der Waals surface area contributed by atoms with E-state index in [9.17, 15) is 4.79 Å². The fourth-order valence-electron chi connectivity index (χ4n) is 3.31. The molecule has 146 valence electrons. The van der Waals surface area contributed by atoms with Gasteiger partial charge in [-0.25, -0.2) is 14.8 Å². The zero-order valence-corrected chi connectivity index (χ0v) is 16.6. The second-order valence-electron chi connectivity index (χ2n) is 6.76. The molecule has 0 spiro atoms. The molecule has 0 aliphatic carbocycles. The van der Waals surface area contributed by atoms with E-state index in [-0.39, 0.29) is 5.01 Å². The monoisotopic (exact) mass is 413 g/mol. The van der Waals surface area contributed by atoms with Crippen molar-refractivity contribution >= 4 is 28.2 Å². The Morgan fingerprint density at radius 2 is 1.90 bits per heavy atom. The standard InChI is InChI=1S/C22H15N5O2S/c1-12-3-2-4-17(26-12)20-19(24-11-25-20)13-5-6-16-14(7-13)8-15(9-23-16)18-10-30-21(27-18)22(28)29/h2-11H,1H3,(H,24,25)(H,28,29). The molecule has 0 saturated carbocycles. The normalized spacial score (nSPS) is 11.1. The van der Waals surface area contributed by atoms with E-state index in [2.05, 4.69) is 24.9 Å². The largest absolute Gasteiger partial charge is 0.476 e. The Balaban J connectivity index is 1.58. The van der Waals surface area contributed by atoms with Gasteiger partial charge in [-0.05, 0) is 37.3 Å². The van der Waals surface area contributed by atoms with Gasteiger partial charge >= 0.3 is 5.97 Å². The average Bonchev–Trinajstić information content (AvgIpc) is 3.43. The molecule has 0 radical (unpaired) electrons. The van der Waals surface area contributed by atoms with Gasteiger partial charge in [0.05, 0.1) is 34.6 Å². The topological polar surface area (TPSA) is 105 Å². The van der Waals surface area contributed by atoms with Crippen LogP contribution in [0, 0.1) is 6.92 Å². The maximum absolute atomic E-state index is 11.1. The van der Waals surface area contributed by atoms with Crippen LogP contribution in [0.3, 0.4) is 0 Å². The summed E-state index contributed by atoms with van der Waals surface area (Å²) in [6.45, 7) is 1.96. The maximum Gasteiger partial charge on any atom is 0.365 e. The first kappa shape index (κ1) is 18.1. The van der Waals surface area contributed by atoms with Crippen molar-refractivity contribution in [3.8, 4) is 33.9 Å². The molecule has 7 nitrogen and oxygen atoms in total. The predicted octanol–water partition coefficient (Wildman–Crippen LogP) is 4.82. The number of imidazole rings is 1. The number of hydrogen-bond acceptors (Lipinski definition) is 6. The van der Waals surface area contributed by atoms with Gasteiger partial charge in [-0.15, -0.1) is 11.3 Å². The minimum atomic E-state index is -1.03. The lowest BCUT2D eigenvalue weighted by Gasteiger charge is -2.06. The van der Waals surface area contributed by atoms with Crippen LogP contribution in [0.1, 0.15) is 15.5 Å². The number of aryl methyl sites for hydroxylation is 1. The number of fused-ring (bicyclic) bond motifs is 1. The number of aromatic nitrogens is 5. The summed E-state index contributed by atoms with van der Waals surface area (Å²) in [5.74, 6) is -1.03. The molecule has 5 rings (SSSR count). The third-order valence-corrected chi connectivity index (χ3v) is 5.55. The Morgan fingerprint density at radius 3 is 2.70 bits per heavy atom. The SMILES string of the molecule is Cc1cccc(-c2[nH]cnc2-c2ccc3ncc(-c4csc(C(=O)O)n4)cc3c2)n1. The van der Waals surface area contributed by atoms with E-state index in [1.165, 1.54) is 0 Å². The molecule has 0 atom stereocenters. The lowest BCUT2D eigenvalue weighted by Crippen LogP contribution is -1.94. The molecular weight excluding hydrogens is 398 g/mol. The Labute approximate surface area is 175 Å². The van der Waals surface area contributed by atoms with Crippen molar-refractivity contribution < 1.29 is 9.90 Å². The molecule has 0 amide bonds. The van der Waals surface area contributed by atoms with Crippen LogP contribution in [0.15, 0.2) is 60.4 Å². The highest BCUT2D eigenvalue weighted by Gasteiger charge is 2.14. The van der Waals surface area contributed by atoms with E-state index < -0.39 is 5.97 Å². The molecule has 8 heteroatoms. The highest BCUT2D eigenvalue weighted by atomic mass is 32.1. The third kappa shape index (κ3) is 3.23. The second-order valence-corrected chi connectivity index (χ2v) is 7.62. The minimum absolute atomic E-state index is 0.0608. The number of nitrogens with zero attached hydrogens (tertiary/aromatic N) is 4. The minimum Gasteiger partial charge on any atom is -0.476 e. The van der Waals surface area contributed by atoms with Crippen LogP contribution in [0.5, 0.6) is 0 Å². The van der Waals surface area contributed by atoms with Crippen molar-refractivity contribution in [2.75, 3.05) is 0 Å². The van der Waals surface area contributed by atoms with Crippen LogP contribution in [0.2, 0.25) is 0 Å². The first-order valence-electron chi connectivity index (χ1n) is 9.15. The molecule has 0 bridgehead atoms. The number of aromatic amines is 1. The number of pyridine rings is 2. The van der Waals surface area contributed by atoms with E-state index in [0.29, 0.717) is 5.69 Å². The van der Waals surface area contributed by atoms with E-state index in [0.717, 1.165) is 56.1 Å². The number of thiazole rings is 1. The Bertz CT molecular complexity index is 1410. The number of benzene rings is 1. The molecule has 4 aromatic heterocycles. The molecule has 0 aliphatic rings. The number of carboxylic acids is 1. The summed E-state index contributed by atoms with van der Waals surface area (Å²) in [6, 6.07) is 13.8. The average molecular weight is 413 g/mol. The third-order valence-electron chi connectivity index (χ3n) is 4.72. The molecule has 1 aromatic carbocycles. The highest BCUT2D eigenvalue weighted by molar-refractivity contribution is 7.11. The lowest BCUT2D eigenvalue weighted by atomic mass is 10.0. The highest BCUT2D eigenvalue weighted by Crippen LogP contribution is 2.31. The Kier molecular flexibility index (Phi) is 4.33. The van der Waals surface area contributed by atoms with E-state index in [4.69, 9.17) is 5.11 Å². The summed E-state index contributed by atoms with van der Waals surface area (Å²) >= 11 is 1.10. The number of nitrogens with one attached hydrogen (secondary N) is 1. The van der Waals surface area contributed by atoms with Gasteiger partial charge in [0.15, 0.2) is 0 Å². The first-order chi connectivity index (χ1) is 14.6. The summed E-state index contributed by atoms with van der Waals surface area (Å²) in [5.41, 5.74) is 6.57. The van der Waals surface area contributed by atoms with E-state index >= 15 is 0 Å². The molecule has 0 aliphatic heterocycles. The summed E-state index contributed by atoms with van der Waals surface area (Å²) in [4.78, 5) is 32.1. The van der Waals surface area contributed by atoms with E-state index in [1.807, 2.05) is 49.4 Å². The van der Waals surface area contributed by atoms with E-state index in [1.54, 1.807) is 17.9 Å². The molecular formula is C22H15N5O2S. The Hall–Kier alpha value is -3.91. The fraction of sp³-hybridized carbons (Fsp3) is 0.0455. The second kappa shape index (κ2) is 7.16. The molecule has 4 heterocycles. The number of carbonyl (C=O) groups is 1. The van der Waals surface area contributed by atoms with Crippen molar-refractivity contribution in [1.29, 1.82) is 0 Å². The van der Waals surface area contributed by atoms with Crippen molar-refractivity contribution in [3.05, 3.63) is 71.1 Å². The quantitative estimate of drug-likeness (QED) is 0.438. The summed E-state index contributed by atoms with van der Waals surface area (Å²) < 4.78 is 0. The van der Waals surface area contributed by atoms with Crippen LogP contribution >= 0.6 is 11.3 Å². The number of aromatic carboxylic acids is 1. The Morgan fingerprint density at radius 1 is 1.03 bits per heavy atom. The van der Waals surface area contributed by atoms with Crippen molar-refractivity contribution in [2.24, 2.45) is 0 Å². The van der Waals surface area contributed by atoms with Gasteiger partial charge in [-0.2, -0.15) is 0 Å². The predicted molar refractivity (Wildman–Crippen MR) is 115 cm³/mol. The van der Waals surface area contributed by atoms with Crippen LogP contribution in [-0.4, -0.2) is 36.0 Å². The van der Waals surface area contributed by atoms with Crippen molar-refractivity contribution in [2.45, 2.75) is 6.92 Å². The van der Waals surface area contributed by atoms with Gasteiger partial charge in [0, 0.05) is 33.8 Å². The van der Waals surface area contributed by atoms with Crippen LogP contribution < -0.4 is 0 Å². The summed E-state index contributed by atoms with van der Waals surface area (Å²) in [7, 11) is 0. The van der Waals surface area contributed by atoms with Gasteiger partial charge in [-0.3, -0.25) is 9.97 Å². The smallest absolute Gasteiger partial charge is 0.365 e. The van der Waals surface area contributed by atoms with Crippen LogP contribution in [-0.2, 0) is 0 Å². The first-order valence-corrected chi connectivity index (χ1v) is 10.0. The zero-order valence-electron chi connectivity index (χ0n) is 15.8. The number of hydrogen-bond donors (Lipinski definition) is 2.